The summed E-state index contributed by atoms with van der Waals surface area (Å²) in [7, 11) is 3.29. The maximum absolute atomic E-state index is 9.69. The van der Waals surface area contributed by atoms with E-state index in [-0.39, 0.29) is 5.75 Å². The number of hydrazine groups is 2. The molecule has 1 amide bonds. The number of hydrogen-bond donors (Lipinski definition) is 3. The molecule has 0 radical (unpaired) electrons. The van der Waals surface area contributed by atoms with Gasteiger partial charge in [-0.3, -0.25) is 9.80 Å². The molecule has 0 atom stereocenters. The Morgan fingerprint density at radius 2 is 1.93 bits per heavy atom. The van der Waals surface area contributed by atoms with Gasteiger partial charge >= 0.3 is 0 Å². The van der Waals surface area contributed by atoms with Crippen LogP contribution in [0.25, 0.3) is 0 Å². The van der Waals surface area contributed by atoms with Gasteiger partial charge < -0.3 is 14.9 Å². The number of aryl methyl sites for hydroxylation is 1. The van der Waals surface area contributed by atoms with Gasteiger partial charge in [-0.25, -0.2) is 11.7 Å². The average molecular weight is 407 g/mol. The molecule has 3 rings (SSSR count). The molecule has 0 unspecified atom stereocenters. The van der Waals surface area contributed by atoms with Gasteiger partial charge in [0, 0.05) is 25.7 Å². The molecule has 1 fully saturated rings. The molecule has 0 saturated heterocycles. The highest BCUT2D eigenvalue weighted by Gasteiger charge is 2.27. The number of nitrogens with two attached hydrogens (primary N) is 2. The highest BCUT2D eigenvalue weighted by Crippen LogP contribution is 2.44. The van der Waals surface area contributed by atoms with Gasteiger partial charge in [0.15, 0.2) is 0 Å². The number of carbonyl (C=O) groups is 1. The number of amides is 1. The van der Waals surface area contributed by atoms with Crippen LogP contribution in [0.15, 0.2) is 30.3 Å². The standard InChI is InChI=1S/C18H21ClN2O2.C2H6N2O/c1-11-8-18(15(19)9-17(11)22)23-10-14-13(12-6-7-12)4-3-5-16(14)21(2)20;1-4(3)2-5/h3-5,8-9,12,22H,6-7,10,20H2,1-2H3;2H,3H2,1H3. The van der Waals surface area contributed by atoms with Crippen LogP contribution >= 0.6 is 11.6 Å². The zero-order chi connectivity index (χ0) is 20.8. The molecule has 7 nitrogen and oxygen atoms in total. The predicted octanol–water partition coefficient (Wildman–Crippen LogP) is 3.07. The van der Waals surface area contributed by atoms with E-state index in [1.807, 2.05) is 26.1 Å². The molecule has 0 heterocycles. The maximum Gasteiger partial charge on any atom is 0.223 e. The lowest BCUT2D eigenvalue weighted by Crippen LogP contribution is -2.27. The van der Waals surface area contributed by atoms with Crippen LogP contribution in [0.2, 0.25) is 5.02 Å². The van der Waals surface area contributed by atoms with Crippen molar-refractivity contribution in [2.24, 2.45) is 11.7 Å². The van der Waals surface area contributed by atoms with Crippen LogP contribution < -0.4 is 21.4 Å². The van der Waals surface area contributed by atoms with E-state index >= 15 is 0 Å². The zero-order valence-electron chi connectivity index (χ0n) is 16.4. The third-order valence-corrected chi connectivity index (χ3v) is 4.67. The molecule has 0 spiro atoms. The number of carbonyl (C=O) groups excluding carboxylic acids is 1. The second kappa shape index (κ2) is 9.64. The molecular weight excluding hydrogens is 380 g/mol. The fraction of sp³-hybridized carbons (Fsp3) is 0.350. The van der Waals surface area contributed by atoms with Crippen molar-refractivity contribution < 1.29 is 14.6 Å². The summed E-state index contributed by atoms with van der Waals surface area (Å²) in [5.41, 5.74) is 4.09. The van der Waals surface area contributed by atoms with Crippen molar-refractivity contribution >= 4 is 23.7 Å². The van der Waals surface area contributed by atoms with Gasteiger partial charge in [-0.1, -0.05) is 23.7 Å². The molecule has 152 valence electrons. The summed E-state index contributed by atoms with van der Waals surface area (Å²) in [6, 6.07) is 9.44. The summed E-state index contributed by atoms with van der Waals surface area (Å²) >= 11 is 6.16. The minimum absolute atomic E-state index is 0.170. The Morgan fingerprint density at radius 1 is 1.29 bits per heavy atom. The number of benzene rings is 2. The van der Waals surface area contributed by atoms with E-state index in [9.17, 15) is 9.90 Å². The normalized spacial score (nSPS) is 12.6. The summed E-state index contributed by atoms with van der Waals surface area (Å²) in [6.45, 7) is 2.21. The van der Waals surface area contributed by atoms with Gasteiger partial charge in [0.25, 0.3) is 0 Å². The Hall–Kier alpha value is -2.48. The second-order valence-electron chi connectivity index (χ2n) is 6.86. The van der Waals surface area contributed by atoms with Gasteiger partial charge in [-0.15, -0.1) is 0 Å². The van der Waals surface area contributed by atoms with Crippen LogP contribution in [0.5, 0.6) is 11.5 Å². The van der Waals surface area contributed by atoms with Crippen molar-refractivity contribution in [1.29, 1.82) is 0 Å². The smallest absolute Gasteiger partial charge is 0.223 e. The molecule has 2 aromatic carbocycles. The number of phenols is 1. The first-order valence-corrected chi connectivity index (χ1v) is 9.27. The first-order valence-electron chi connectivity index (χ1n) is 8.89. The van der Waals surface area contributed by atoms with Crippen LogP contribution in [0.3, 0.4) is 0 Å². The average Bonchev–Trinajstić information content (AvgIpc) is 3.48. The molecule has 28 heavy (non-hydrogen) atoms. The van der Waals surface area contributed by atoms with Crippen molar-refractivity contribution in [3.63, 3.8) is 0 Å². The number of anilines is 1. The number of rotatable bonds is 6. The Balaban J connectivity index is 0.000000500. The number of hydrogen-bond acceptors (Lipinski definition) is 6. The first-order chi connectivity index (χ1) is 13.2. The molecule has 5 N–H and O–H groups in total. The van der Waals surface area contributed by atoms with Gasteiger partial charge in [-0.2, -0.15) is 0 Å². The molecular formula is C20H27ClN4O3. The molecule has 0 aromatic heterocycles. The second-order valence-corrected chi connectivity index (χ2v) is 7.27. The monoisotopic (exact) mass is 406 g/mol. The third kappa shape index (κ3) is 5.76. The van der Waals surface area contributed by atoms with Crippen LogP contribution in [0.1, 0.15) is 35.4 Å². The quantitative estimate of drug-likeness (QED) is 0.294. The molecule has 1 saturated carbocycles. The third-order valence-electron chi connectivity index (χ3n) is 4.37. The lowest BCUT2D eigenvalue weighted by molar-refractivity contribution is -0.117. The number of ether oxygens (including phenoxy) is 1. The van der Waals surface area contributed by atoms with Crippen LogP contribution in [-0.4, -0.2) is 30.6 Å². The lowest BCUT2D eigenvalue weighted by atomic mass is 10.0. The first kappa shape index (κ1) is 21.8. The molecule has 2 aromatic rings. The Morgan fingerprint density at radius 3 is 2.46 bits per heavy atom. The highest BCUT2D eigenvalue weighted by atomic mass is 35.5. The van der Waals surface area contributed by atoms with Gasteiger partial charge in [0.2, 0.25) is 6.41 Å². The number of phenolic OH excluding ortho intramolecular Hbond substituents is 1. The van der Waals surface area contributed by atoms with E-state index in [0.29, 0.717) is 29.7 Å². The lowest BCUT2D eigenvalue weighted by Gasteiger charge is -2.21. The maximum atomic E-state index is 9.69. The van der Waals surface area contributed by atoms with Crippen molar-refractivity contribution in [2.45, 2.75) is 32.3 Å². The van der Waals surface area contributed by atoms with E-state index in [2.05, 4.69) is 6.07 Å². The van der Waals surface area contributed by atoms with Gasteiger partial charge in [-0.05, 0) is 48.9 Å². The van der Waals surface area contributed by atoms with E-state index in [0.717, 1.165) is 21.8 Å². The summed E-state index contributed by atoms with van der Waals surface area (Å²) in [4.78, 5) is 9.31. The highest BCUT2D eigenvalue weighted by molar-refractivity contribution is 6.32. The molecule has 0 aliphatic heterocycles. The Kier molecular flexibility index (Phi) is 7.51. The fourth-order valence-corrected chi connectivity index (χ4v) is 2.97. The number of halogens is 1. The van der Waals surface area contributed by atoms with Gasteiger partial charge in [0.1, 0.15) is 18.1 Å². The summed E-state index contributed by atoms with van der Waals surface area (Å²) < 4.78 is 5.94. The van der Waals surface area contributed by atoms with Crippen molar-refractivity contribution in [2.75, 3.05) is 19.1 Å². The summed E-state index contributed by atoms with van der Waals surface area (Å²) in [5.74, 6) is 12.1. The van der Waals surface area contributed by atoms with E-state index in [1.165, 1.54) is 31.5 Å². The minimum atomic E-state index is 0.170. The SMILES string of the molecule is CN(N)C=O.Cc1cc(OCc2c(C3CC3)cccc2N(C)N)c(Cl)cc1O. The summed E-state index contributed by atoms with van der Waals surface area (Å²) in [6.07, 6.45) is 2.95. The van der Waals surface area contributed by atoms with Crippen molar-refractivity contribution in [3.8, 4) is 11.5 Å². The van der Waals surface area contributed by atoms with E-state index in [4.69, 9.17) is 28.0 Å². The van der Waals surface area contributed by atoms with Gasteiger partial charge in [0.05, 0.1) is 10.7 Å². The Bertz CT molecular complexity index is 803. The minimum Gasteiger partial charge on any atom is -0.508 e. The van der Waals surface area contributed by atoms with E-state index in [1.54, 1.807) is 11.1 Å². The molecule has 8 heteroatoms. The number of aromatic hydroxyl groups is 1. The Labute approximate surface area is 170 Å². The van der Waals surface area contributed by atoms with Crippen LogP contribution in [0, 0.1) is 6.92 Å². The zero-order valence-corrected chi connectivity index (χ0v) is 17.1. The van der Waals surface area contributed by atoms with E-state index < -0.39 is 0 Å². The largest absolute Gasteiger partial charge is 0.508 e. The fourth-order valence-electron chi connectivity index (χ4n) is 2.76. The van der Waals surface area contributed by atoms with Crippen LogP contribution in [-0.2, 0) is 11.4 Å². The summed E-state index contributed by atoms with van der Waals surface area (Å²) in [5, 5.41) is 12.7. The van der Waals surface area contributed by atoms with Crippen LogP contribution in [0.4, 0.5) is 5.69 Å². The van der Waals surface area contributed by atoms with Crippen molar-refractivity contribution in [1.82, 2.24) is 5.01 Å². The molecule has 1 aliphatic rings. The number of nitrogens with zero attached hydrogens (tertiary/aromatic N) is 2. The molecule has 0 bridgehead atoms. The molecule has 1 aliphatic carbocycles. The van der Waals surface area contributed by atoms with Crippen molar-refractivity contribution in [3.05, 3.63) is 52.0 Å². The topological polar surface area (TPSA) is 105 Å². The predicted molar refractivity (Wildman–Crippen MR) is 111 cm³/mol.